The van der Waals surface area contributed by atoms with Gasteiger partial charge in [0.15, 0.2) is 0 Å². The van der Waals surface area contributed by atoms with E-state index in [2.05, 4.69) is 25.9 Å². The summed E-state index contributed by atoms with van der Waals surface area (Å²) in [6, 6.07) is -2.77. The molecule has 180 valence electrons. The lowest BCUT2D eigenvalue weighted by Crippen LogP contribution is -2.57. The van der Waals surface area contributed by atoms with E-state index in [0.717, 1.165) is 6.42 Å². The normalized spacial score (nSPS) is 13.8. The first-order chi connectivity index (χ1) is 15.1. The van der Waals surface area contributed by atoms with Crippen LogP contribution in [0.5, 0.6) is 0 Å². The number of nitrogens with two attached hydrogens (primary N) is 2. The highest BCUT2D eigenvalue weighted by molar-refractivity contribution is 5.93. The summed E-state index contributed by atoms with van der Waals surface area (Å²) < 4.78 is 0. The van der Waals surface area contributed by atoms with Crippen LogP contribution in [0.2, 0.25) is 0 Å². The zero-order valence-electron chi connectivity index (χ0n) is 18.6. The molecule has 0 aliphatic heterocycles. The smallest absolute Gasteiger partial charge is 0.322 e. The van der Waals surface area contributed by atoms with Crippen LogP contribution in [0.4, 0.5) is 0 Å². The summed E-state index contributed by atoms with van der Waals surface area (Å²) in [4.78, 5) is 55.5. The van der Waals surface area contributed by atoms with Crippen LogP contribution in [-0.4, -0.2) is 70.0 Å². The van der Waals surface area contributed by atoms with Crippen LogP contribution in [0.1, 0.15) is 45.2 Å². The van der Waals surface area contributed by atoms with Gasteiger partial charge in [-0.3, -0.25) is 19.2 Å². The lowest BCUT2D eigenvalue weighted by atomic mass is 10.0. The largest absolute Gasteiger partial charge is 0.480 e. The lowest BCUT2D eigenvalue weighted by Gasteiger charge is -2.24. The van der Waals surface area contributed by atoms with Gasteiger partial charge in [0.1, 0.15) is 18.6 Å². The molecule has 0 fully saturated rings. The predicted octanol–water partition coefficient (Wildman–Crippen LogP) is -1.37. The molecule has 9 N–H and O–H groups in total. The Morgan fingerprint density at radius 2 is 1.78 bits per heavy atom. The van der Waals surface area contributed by atoms with E-state index in [9.17, 15) is 19.2 Å². The molecule has 3 unspecified atom stereocenters. The number of unbranched alkanes of at least 4 members (excludes halogenated alkanes) is 1. The molecule has 1 aromatic rings. The van der Waals surface area contributed by atoms with Crippen molar-refractivity contribution in [3.05, 3.63) is 18.2 Å². The van der Waals surface area contributed by atoms with Gasteiger partial charge in [-0.2, -0.15) is 0 Å². The molecule has 0 aromatic carbocycles. The van der Waals surface area contributed by atoms with Crippen molar-refractivity contribution in [2.45, 2.75) is 64.1 Å². The van der Waals surface area contributed by atoms with Crippen molar-refractivity contribution in [3.8, 4) is 0 Å². The Balaban J connectivity index is 2.90. The van der Waals surface area contributed by atoms with Crippen molar-refractivity contribution in [1.29, 1.82) is 0 Å². The Bertz CT molecular complexity index is 739. The zero-order chi connectivity index (χ0) is 24.1. The molecule has 1 aromatic heterocycles. The fourth-order valence-corrected chi connectivity index (χ4v) is 3.01. The van der Waals surface area contributed by atoms with E-state index in [4.69, 9.17) is 16.6 Å². The molecule has 32 heavy (non-hydrogen) atoms. The number of aliphatic carboxylic acids is 1. The molecule has 12 nitrogen and oxygen atoms in total. The number of imidazole rings is 1. The molecule has 0 bridgehead atoms. The average Bonchev–Trinajstić information content (AvgIpc) is 3.23. The van der Waals surface area contributed by atoms with Crippen molar-refractivity contribution in [2.24, 2.45) is 17.4 Å². The van der Waals surface area contributed by atoms with E-state index in [1.54, 1.807) is 0 Å². The second-order valence-electron chi connectivity index (χ2n) is 8.04. The summed E-state index contributed by atoms with van der Waals surface area (Å²) in [5, 5.41) is 16.3. The summed E-state index contributed by atoms with van der Waals surface area (Å²) in [5.41, 5.74) is 12.0. The number of nitrogens with zero attached hydrogens (tertiary/aromatic N) is 1. The molecule has 1 heterocycles. The number of carboxylic acids is 1. The number of H-pyrrole nitrogens is 1. The molecule has 0 saturated carbocycles. The summed E-state index contributed by atoms with van der Waals surface area (Å²) in [6.07, 6.45) is 5.22. The maximum absolute atomic E-state index is 13.0. The average molecular weight is 454 g/mol. The molecule has 0 radical (unpaired) electrons. The monoisotopic (exact) mass is 453 g/mol. The van der Waals surface area contributed by atoms with Crippen molar-refractivity contribution >= 4 is 23.7 Å². The Morgan fingerprint density at radius 1 is 1.09 bits per heavy atom. The minimum Gasteiger partial charge on any atom is -0.480 e. The van der Waals surface area contributed by atoms with Gasteiger partial charge >= 0.3 is 5.97 Å². The van der Waals surface area contributed by atoms with Crippen LogP contribution in [0, 0.1) is 5.92 Å². The molecule has 0 aliphatic carbocycles. The summed E-state index contributed by atoms with van der Waals surface area (Å²) >= 11 is 0. The van der Waals surface area contributed by atoms with E-state index in [-0.39, 0.29) is 12.3 Å². The first-order valence-electron chi connectivity index (χ1n) is 10.7. The maximum Gasteiger partial charge on any atom is 0.322 e. The minimum absolute atomic E-state index is 0.0486. The van der Waals surface area contributed by atoms with Gasteiger partial charge in [0.05, 0.1) is 12.4 Å². The molecule has 3 amide bonds. The molecule has 0 spiro atoms. The number of nitrogens with one attached hydrogen (secondary N) is 4. The van der Waals surface area contributed by atoms with Crippen molar-refractivity contribution in [1.82, 2.24) is 25.9 Å². The van der Waals surface area contributed by atoms with Gasteiger partial charge in [-0.1, -0.05) is 20.3 Å². The fourth-order valence-electron chi connectivity index (χ4n) is 3.01. The van der Waals surface area contributed by atoms with Crippen molar-refractivity contribution in [2.75, 3.05) is 13.1 Å². The Hall–Kier alpha value is -2.99. The second-order valence-corrected chi connectivity index (χ2v) is 8.04. The molecular weight excluding hydrogens is 418 g/mol. The third kappa shape index (κ3) is 10.4. The number of aromatic amines is 1. The van der Waals surface area contributed by atoms with Gasteiger partial charge in [0, 0.05) is 18.3 Å². The van der Waals surface area contributed by atoms with Crippen molar-refractivity contribution in [3.63, 3.8) is 0 Å². The zero-order valence-corrected chi connectivity index (χ0v) is 18.6. The molecule has 0 aliphatic rings. The minimum atomic E-state index is -1.19. The molecular formula is C20H35N7O5. The number of carbonyl (C=O) groups is 4. The summed E-state index contributed by atoms with van der Waals surface area (Å²) in [5.74, 6) is -2.83. The number of hydrogen-bond acceptors (Lipinski definition) is 7. The van der Waals surface area contributed by atoms with Crippen LogP contribution >= 0.6 is 0 Å². The first-order valence-corrected chi connectivity index (χ1v) is 10.7. The van der Waals surface area contributed by atoms with Crippen LogP contribution in [-0.2, 0) is 25.6 Å². The van der Waals surface area contributed by atoms with Crippen LogP contribution in [0.3, 0.4) is 0 Å². The molecule has 12 heteroatoms. The summed E-state index contributed by atoms with van der Waals surface area (Å²) in [6.45, 7) is 3.68. The lowest BCUT2D eigenvalue weighted by molar-refractivity contribution is -0.138. The first kappa shape index (κ1) is 27.0. The topological polar surface area (TPSA) is 205 Å². The second kappa shape index (κ2) is 14.1. The van der Waals surface area contributed by atoms with E-state index in [1.165, 1.54) is 12.5 Å². The Labute approximate surface area is 187 Å². The highest BCUT2D eigenvalue weighted by Gasteiger charge is 2.29. The van der Waals surface area contributed by atoms with E-state index in [1.807, 2.05) is 13.8 Å². The van der Waals surface area contributed by atoms with Gasteiger partial charge in [0.25, 0.3) is 0 Å². The van der Waals surface area contributed by atoms with E-state index < -0.39 is 48.4 Å². The maximum atomic E-state index is 13.0. The highest BCUT2D eigenvalue weighted by Crippen LogP contribution is 2.07. The van der Waals surface area contributed by atoms with Crippen molar-refractivity contribution < 1.29 is 24.3 Å². The number of rotatable bonds is 15. The van der Waals surface area contributed by atoms with Crippen LogP contribution in [0.15, 0.2) is 12.5 Å². The third-order valence-electron chi connectivity index (χ3n) is 4.67. The standard InChI is InChI=1S/C20H35N7O5/c1-12(2)7-15(19(31)24-10-17(28)29)27-20(32)16(8-13-9-23-11-25-13)26-18(30)14(22)5-3-4-6-21/h9,11-12,14-16H,3-8,10,21-22H2,1-2H3,(H,23,25)(H,24,31)(H,26,30)(H,27,32)(H,28,29). The molecule has 0 saturated heterocycles. The molecule has 3 atom stereocenters. The van der Waals surface area contributed by atoms with E-state index >= 15 is 0 Å². The number of carboxylic acid groups (broad SMARTS) is 1. The fraction of sp³-hybridized carbons (Fsp3) is 0.650. The number of carbonyl (C=O) groups excluding carboxylic acids is 3. The third-order valence-corrected chi connectivity index (χ3v) is 4.67. The molecule has 1 rings (SSSR count). The van der Waals surface area contributed by atoms with E-state index in [0.29, 0.717) is 31.5 Å². The SMILES string of the molecule is CC(C)CC(NC(=O)C(Cc1cnc[nH]1)NC(=O)C(N)CCCCN)C(=O)NCC(=O)O. The summed E-state index contributed by atoms with van der Waals surface area (Å²) in [7, 11) is 0. The quantitative estimate of drug-likeness (QED) is 0.157. The van der Waals surface area contributed by atoms with Gasteiger partial charge in [-0.25, -0.2) is 4.98 Å². The highest BCUT2D eigenvalue weighted by atomic mass is 16.4. The predicted molar refractivity (Wildman–Crippen MR) is 117 cm³/mol. The van der Waals surface area contributed by atoms with Crippen LogP contribution in [0.25, 0.3) is 0 Å². The number of amides is 3. The van der Waals surface area contributed by atoms with Gasteiger partial charge in [0.2, 0.25) is 17.7 Å². The number of hydrogen-bond donors (Lipinski definition) is 7. The Kier molecular flexibility index (Phi) is 12.0. The Morgan fingerprint density at radius 3 is 2.34 bits per heavy atom. The number of aromatic nitrogens is 2. The van der Waals surface area contributed by atoms with Gasteiger partial charge < -0.3 is 37.5 Å². The van der Waals surface area contributed by atoms with Gasteiger partial charge in [-0.15, -0.1) is 0 Å². The van der Waals surface area contributed by atoms with Crippen LogP contribution < -0.4 is 27.4 Å². The van der Waals surface area contributed by atoms with Gasteiger partial charge in [-0.05, 0) is 31.7 Å².